The first-order valence-electron chi connectivity index (χ1n) is 7.86. The molecule has 0 unspecified atom stereocenters. The van der Waals surface area contributed by atoms with Gasteiger partial charge in [0.2, 0.25) is 0 Å². The first-order valence-corrected chi connectivity index (χ1v) is 7.86. The molecule has 0 aliphatic heterocycles. The summed E-state index contributed by atoms with van der Waals surface area (Å²) in [6.07, 6.45) is 2.03. The van der Waals surface area contributed by atoms with Gasteiger partial charge >= 0.3 is 5.97 Å². The predicted molar refractivity (Wildman–Crippen MR) is 92.0 cm³/mol. The first kappa shape index (κ1) is 15.9. The number of aromatic nitrogens is 1. The molecule has 124 valence electrons. The molecule has 5 nitrogen and oxygen atoms in total. The molecule has 0 atom stereocenters. The topological polar surface area (TPSA) is 60.7 Å². The van der Waals surface area contributed by atoms with Gasteiger partial charge in [0.15, 0.2) is 0 Å². The van der Waals surface area contributed by atoms with Crippen LogP contribution in [0.5, 0.6) is 11.5 Å². The lowest BCUT2D eigenvalue weighted by Gasteiger charge is -2.12. The summed E-state index contributed by atoms with van der Waals surface area (Å²) in [6.45, 7) is 3.41. The third-order valence-corrected chi connectivity index (χ3v) is 3.76. The van der Waals surface area contributed by atoms with Crippen molar-refractivity contribution in [3.8, 4) is 11.5 Å². The summed E-state index contributed by atoms with van der Waals surface area (Å²) < 4.78 is 13.3. The molecule has 2 aromatic carbocycles. The van der Waals surface area contributed by atoms with E-state index in [9.17, 15) is 4.79 Å². The number of aromatic carboxylic acids is 1. The van der Waals surface area contributed by atoms with Crippen molar-refractivity contribution in [3.05, 3.63) is 60.3 Å². The van der Waals surface area contributed by atoms with E-state index in [4.69, 9.17) is 14.6 Å². The van der Waals surface area contributed by atoms with Gasteiger partial charge in [0.1, 0.15) is 23.7 Å². The molecule has 0 amide bonds. The minimum Gasteiger partial charge on any atom is -0.493 e. The van der Waals surface area contributed by atoms with Crippen molar-refractivity contribution in [2.75, 3.05) is 13.2 Å². The van der Waals surface area contributed by atoms with Crippen molar-refractivity contribution in [1.29, 1.82) is 0 Å². The Kier molecular flexibility index (Phi) is 4.70. The van der Waals surface area contributed by atoms with E-state index >= 15 is 0 Å². The Morgan fingerprint density at radius 2 is 1.96 bits per heavy atom. The molecule has 3 aromatic rings. The van der Waals surface area contributed by atoms with E-state index in [0.29, 0.717) is 31.3 Å². The average Bonchev–Trinajstić information content (AvgIpc) is 2.99. The molecule has 0 aliphatic rings. The zero-order valence-electron chi connectivity index (χ0n) is 13.4. The van der Waals surface area contributed by atoms with Gasteiger partial charge in [-0.25, -0.2) is 4.79 Å². The summed E-state index contributed by atoms with van der Waals surface area (Å²) in [4.78, 5) is 11.2. The minimum atomic E-state index is -1.01. The normalized spacial score (nSPS) is 10.7. The quantitative estimate of drug-likeness (QED) is 0.717. The second-order valence-electron chi connectivity index (χ2n) is 5.31. The van der Waals surface area contributed by atoms with Crippen LogP contribution in [0.1, 0.15) is 17.3 Å². The average molecular weight is 325 g/mol. The number of fused-ring (bicyclic) bond motifs is 1. The van der Waals surface area contributed by atoms with Gasteiger partial charge in [0.25, 0.3) is 0 Å². The van der Waals surface area contributed by atoms with E-state index in [0.717, 1.165) is 5.52 Å². The van der Waals surface area contributed by atoms with Gasteiger partial charge in [0.05, 0.1) is 13.2 Å². The van der Waals surface area contributed by atoms with Gasteiger partial charge in [-0.15, -0.1) is 0 Å². The number of rotatable bonds is 7. The van der Waals surface area contributed by atoms with Crippen molar-refractivity contribution in [3.63, 3.8) is 0 Å². The molecule has 0 fully saturated rings. The molecule has 0 bridgehead atoms. The lowest BCUT2D eigenvalue weighted by Crippen LogP contribution is -2.08. The molecule has 0 radical (unpaired) electrons. The van der Waals surface area contributed by atoms with E-state index < -0.39 is 5.97 Å². The fraction of sp³-hybridized carbons (Fsp3) is 0.211. The smallest absolute Gasteiger partial charge is 0.339 e. The summed E-state index contributed by atoms with van der Waals surface area (Å²) in [6, 6.07) is 15.0. The monoisotopic (exact) mass is 325 g/mol. The number of carboxylic acid groups (broad SMARTS) is 1. The summed E-state index contributed by atoms with van der Waals surface area (Å²) in [5.41, 5.74) is 1.30. The Morgan fingerprint density at radius 3 is 2.75 bits per heavy atom. The fourth-order valence-electron chi connectivity index (χ4n) is 2.64. The number of hydrogen-bond donors (Lipinski definition) is 1. The number of benzene rings is 2. The van der Waals surface area contributed by atoms with Gasteiger partial charge < -0.3 is 19.1 Å². The molecule has 24 heavy (non-hydrogen) atoms. The van der Waals surface area contributed by atoms with Crippen LogP contribution in [0.2, 0.25) is 0 Å². The highest BCUT2D eigenvalue weighted by atomic mass is 16.5. The van der Waals surface area contributed by atoms with Gasteiger partial charge in [0, 0.05) is 17.8 Å². The molecule has 0 spiro atoms. The highest BCUT2D eigenvalue weighted by Gasteiger charge is 2.12. The molecule has 0 saturated carbocycles. The number of para-hydroxylation sites is 1. The van der Waals surface area contributed by atoms with Gasteiger partial charge in [-0.3, -0.25) is 0 Å². The molecular weight excluding hydrogens is 306 g/mol. The maximum Gasteiger partial charge on any atom is 0.339 e. The van der Waals surface area contributed by atoms with Crippen LogP contribution in [0.15, 0.2) is 54.7 Å². The second-order valence-corrected chi connectivity index (χ2v) is 5.31. The van der Waals surface area contributed by atoms with Crippen molar-refractivity contribution in [2.45, 2.75) is 13.5 Å². The standard InChI is InChI=1S/C19H19NO4/c1-2-23-18-13-15(7-8-16(18)19(21)22)24-12-11-20-10-9-14-5-3-4-6-17(14)20/h3-10,13H,2,11-12H2,1H3,(H,21,22). The molecule has 0 aliphatic carbocycles. The summed E-state index contributed by atoms with van der Waals surface area (Å²) in [7, 11) is 0. The summed E-state index contributed by atoms with van der Waals surface area (Å²) >= 11 is 0. The first-order chi connectivity index (χ1) is 11.7. The van der Waals surface area contributed by atoms with Crippen LogP contribution < -0.4 is 9.47 Å². The van der Waals surface area contributed by atoms with E-state index in [1.807, 2.05) is 25.3 Å². The van der Waals surface area contributed by atoms with Crippen LogP contribution in [0.3, 0.4) is 0 Å². The minimum absolute atomic E-state index is 0.139. The van der Waals surface area contributed by atoms with Gasteiger partial charge in [-0.1, -0.05) is 18.2 Å². The highest BCUT2D eigenvalue weighted by molar-refractivity contribution is 5.91. The maximum absolute atomic E-state index is 11.2. The molecule has 0 saturated heterocycles. The molecular formula is C19H19NO4. The number of nitrogens with zero attached hydrogens (tertiary/aromatic N) is 1. The summed E-state index contributed by atoms with van der Waals surface area (Å²) in [5.74, 6) is -0.0855. The molecule has 1 heterocycles. The van der Waals surface area contributed by atoms with Crippen LogP contribution in [-0.2, 0) is 6.54 Å². The predicted octanol–water partition coefficient (Wildman–Crippen LogP) is 3.82. The zero-order chi connectivity index (χ0) is 16.9. The number of ether oxygens (including phenoxy) is 2. The second kappa shape index (κ2) is 7.08. The largest absolute Gasteiger partial charge is 0.493 e. The lowest BCUT2D eigenvalue weighted by atomic mass is 10.2. The van der Waals surface area contributed by atoms with Gasteiger partial charge in [-0.05, 0) is 36.6 Å². The number of carboxylic acids is 1. The SMILES string of the molecule is CCOc1cc(OCCn2ccc3ccccc32)ccc1C(=O)O. The van der Waals surface area contributed by atoms with E-state index in [2.05, 4.69) is 22.8 Å². The van der Waals surface area contributed by atoms with E-state index in [-0.39, 0.29) is 5.56 Å². The number of hydrogen-bond acceptors (Lipinski definition) is 3. The van der Waals surface area contributed by atoms with Crippen LogP contribution in [0.25, 0.3) is 10.9 Å². The van der Waals surface area contributed by atoms with Crippen molar-refractivity contribution >= 4 is 16.9 Å². The van der Waals surface area contributed by atoms with Gasteiger partial charge in [-0.2, -0.15) is 0 Å². The molecule has 1 N–H and O–H groups in total. The highest BCUT2D eigenvalue weighted by Crippen LogP contribution is 2.25. The Hall–Kier alpha value is -2.95. The Bertz CT molecular complexity index is 853. The third kappa shape index (κ3) is 3.35. The lowest BCUT2D eigenvalue weighted by molar-refractivity contribution is 0.0692. The zero-order valence-corrected chi connectivity index (χ0v) is 13.4. The van der Waals surface area contributed by atoms with Crippen LogP contribution in [0, 0.1) is 0 Å². The fourth-order valence-corrected chi connectivity index (χ4v) is 2.64. The Morgan fingerprint density at radius 1 is 1.12 bits per heavy atom. The molecule has 5 heteroatoms. The Labute approximate surface area is 140 Å². The van der Waals surface area contributed by atoms with E-state index in [1.54, 1.807) is 12.1 Å². The van der Waals surface area contributed by atoms with Crippen LogP contribution >= 0.6 is 0 Å². The molecule has 3 rings (SSSR count). The van der Waals surface area contributed by atoms with Crippen LogP contribution in [-0.4, -0.2) is 28.9 Å². The molecule has 1 aromatic heterocycles. The van der Waals surface area contributed by atoms with Crippen molar-refractivity contribution < 1.29 is 19.4 Å². The van der Waals surface area contributed by atoms with E-state index in [1.165, 1.54) is 11.5 Å². The summed E-state index contributed by atoms with van der Waals surface area (Å²) in [5, 5.41) is 10.4. The third-order valence-electron chi connectivity index (χ3n) is 3.76. The van der Waals surface area contributed by atoms with Crippen molar-refractivity contribution in [1.82, 2.24) is 4.57 Å². The van der Waals surface area contributed by atoms with Crippen LogP contribution in [0.4, 0.5) is 0 Å². The number of carbonyl (C=O) groups is 1. The Balaban J connectivity index is 1.68. The van der Waals surface area contributed by atoms with Crippen molar-refractivity contribution in [2.24, 2.45) is 0 Å². The maximum atomic E-state index is 11.2.